The summed E-state index contributed by atoms with van der Waals surface area (Å²) in [4.78, 5) is 14.0. The third kappa shape index (κ3) is 2.82. The summed E-state index contributed by atoms with van der Waals surface area (Å²) in [5.74, 6) is 0.425. The lowest BCUT2D eigenvalue weighted by molar-refractivity contribution is 0.0712. The first kappa shape index (κ1) is 12.7. The Balaban J connectivity index is 1.63. The highest BCUT2D eigenvalue weighted by Gasteiger charge is 2.21. The van der Waals surface area contributed by atoms with Gasteiger partial charge in [0.25, 0.3) is 5.91 Å². The van der Waals surface area contributed by atoms with Crippen LogP contribution < -0.4 is 0 Å². The van der Waals surface area contributed by atoms with E-state index in [0.717, 1.165) is 25.9 Å². The second-order valence-electron chi connectivity index (χ2n) is 4.98. The Morgan fingerprint density at radius 3 is 2.45 bits per heavy atom. The van der Waals surface area contributed by atoms with Crippen molar-refractivity contribution in [2.24, 2.45) is 0 Å². The molecule has 0 atom stereocenters. The summed E-state index contributed by atoms with van der Waals surface area (Å²) in [6, 6.07) is 13.8. The number of amides is 1. The fraction of sp³-hybridized carbons (Fsp3) is 0.235. The van der Waals surface area contributed by atoms with Crippen LogP contribution in [0.1, 0.15) is 29.0 Å². The zero-order valence-corrected chi connectivity index (χ0v) is 11.3. The lowest BCUT2D eigenvalue weighted by Crippen LogP contribution is -2.36. The summed E-state index contributed by atoms with van der Waals surface area (Å²) in [7, 11) is 0. The molecule has 0 aliphatic carbocycles. The smallest absolute Gasteiger partial charge is 0.289 e. The molecule has 2 heterocycles. The van der Waals surface area contributed by atoms with Crippen molar-refractivity contribution < 1.29 is 9.21 Å². The SMILES string of the molecule is O=C(c1ccco1)N1CCC(=Cc2ccccc2)CC1. The van der Waals surface area contributed by atoms with Gasteiger partial charge < -0.3 is 9.32 Å². The molecule has 1 aliphatic rings. The van der Waals surface area contributed by atoms with Gasteiger partial charge in [-0.3, -0.25) is 4.79 Å². The van der Waals surface area contributed by atoms with Crippen molar-refractivity contribution in [3.05, 3.63) is 65.6 Å². The van der Waals surface area contributed by atoms with E-state index >= 15 is 0 Å². The van der Waals surface area contributed by atoms with Gasteiger partial charge in [-0.2, -0.15) is 0 Å². The van der Waals surface area contributed by atoms with Gasteiger partial charge in [0.15, 0.2) is 5.76 Å². The summed E-state index contributed by atoms with van der Waals surface area (Å²) in [6.45, 7) is 1.52. The molecular formula is C17H17NO2. The molecule has 102 valence electrons. The highest BCUT2D eigenvalue weighted by molar-refractivity contribution is 5.91. The number of hydrogen-bond acceptors (Lipinski definition) is 2. The molecule has 1 aromatic carbocycles. The van der Waals surface area contributed by atoms with Crippen molar-refractivity contribution >= 4 is 12.0 Å². The molecule has 0 N–H and O–H groups in total. The van der Waals surface area contributed by atoms with Gasteiger partial charge in [-0.1, -0.05) is 42.0 Å². The fourth-order valence-corrected chi connectivity index (χ4v) is 2.48. The number of rotatable bonds is 2. The van der Waals surface area contributed by atoms with E-state index in [1.54, 1.807) is 12.1 Å². The van der Waals surface area contributed by atoms with Crippen LogP contribution in [-0.4, -0.2) is 23.9 Å². The molecule has 0 unspecified atom stereocenters. The van der Waals surface area contributed by atoms with Gasteiger partial charge in [0.1, 0.15) is 0 Å². The maximum atomic E-state index is 12.1. The normalized spacial score (nSPS) is 15.2. The maximum Gasteiger partial charge on any atom is 0.289 e. The van der Waals surface area contributed by atoms with Crippen molar-refractivity contribution in [3.63, 3.8) is 0 Å². The van der Waals surface area contributed by atoms with E-state index in [-0.39, 0.29) is 5.91 Å². The number of carbonyl (C=O) groups is 1. The predicted octanol–water partition coefficient (Wildman–Crippen LogP) is 3.60. The van der Waals surface area contributed by atoms with Gasteiger partial charge in [-0.25, -0.2) is 0 Å². The lowest BCUT2D eigenvalue weighted by Gasteiger charge is -2.27. The first-order chi connectivity index (χ1) is 9.83. The average Bonchev–Trinajstić information content (AvgIpc) is 3.03. The van der Waals surface area contributed by atoms with Crippen molar-refractivity contribution in [2.45, 2.75) is 12.8 Å². The summed E-state index contributed by atoms with van der Waals surface area (Å²) in [6.07, 6.45) is 5.63. The molecule has 0 saturated carbocycles. The van der Waals surface area contributed by atoms with E-state index < -0.39 is 0 Å². The number of likely N-dealkylation sites (tertiary alicyclic amines) is 1. The number of benzene rings is 1. The van der Waals surface area contributed by atoms with Crippen LogP contribution in [0.3, 0.4) is 0 Å². The molecule has 1 aliphatic heterocycles. The molecule has 3 heteroatoms. The van der Waals surface area contributed by atoms with Gasteiger partial charge in [0, 0.05) is 13.1 Å². The number of furan rings is 1. The highest BCUT2D eigenvalue weighted by Crippen LogP contribution is 2.20. The average molecular weight is 267 g/mol. The van der Waals surface area contributed by atoms with Crippen molar-refractivity contribution in [2.75, 3.05) is 13.1 Å². The standard InChI is InChI=1S/C17H17NO2/c19-17(16-7-4-12-20-16)18-10-8-15(9-11-18)13-14-5-2-1-3-6-14/h1-7,12-13H,8-11H2. The summed E-state index contributed by atoms with van der Waals surface area (Å²) in [5.41, 5.74) is 2.63. The Morgan fingerprint density at radius 1 is 1.05 bits per heavy atom. The Bertz CT molecular complexity index is 589. The van der Waals surface area contributed by atoms with Gasteiger partial charge >= 0.3 is 0 Å². The number of piperidine rings is 1. The van der Waals surface area contributed by atoms with Crippen LogP contribution in [-0.2, 0) is 0 Å². The minimum Gasteiger partial charge on any atom is -0.459 e. The molecule has 0 spiro atoms. The first-order valence-electron chi connectivity index (χ1n) is 6.90. The second-order valence-corrected chi connectivity index (χ2v) is 4.98. The molecule has 0 radical (unpaired) electrons. The summed E-state index contributed by atoms with van der Waals surface area (Å²) in [5, 5.41) is 0. The maximum absolute atomic E-state index is 12.1. The topological polar surface area (TPSA) is 33.5 Å². The van der Waals surface area contributed by atoms with Crippen LogP contribution in [0.4, 0.5) is 0 Å². The lowest BCUT2D eigenvalue weighted by atomic mass is 10.0. The molecule has 1 amide bonds. The largest absolute Gasteiger partial charge is 0.459 e. The zero-order valence-electron chi connectivity index (χ0n) is 11.3. The number of carbonyl (C=O) groups excluding carboxylic acids is 1. The Hall–Kier alpha value is -2.29. The molecule has 1 aromatic heterocycles. The van der Waals surface area contributed by atoms with Gasteiger partial charge in [-0.15, -0.1) is 0 Å². The van der Waals surface area contributed by atoms with Gasteiger partial charge in [-0.05, 0) is 30.5 Å². The van der Waals surface area contributed by atoms with E-state index in [9.17, 15) is 4.79 Å². The monoisotopic (exact) mass is 267 g/mol. The van der Waals surface area contributed by atoms with E-state index in [4.69, 9.17) is 4.42 Å². The second kappa shape index (κ2) is 5.78. The third-order valence-electron chi connectivity index (χ3n) is 3.60. The molecule has 3 nitrogen and oxygen atoms in total. The Kier molecular flexibility index (Phi) is 3.68. The molecule has 0 bridgehead atoms. The zero-order chi connectivity index (χ0) is 13.8. The third-order valence-corrected chi connectivity index (χ3v) is 3.60. The van der Waals surface area contributed by atoms with Crippen LogP contribution in [0.25, 0.3) is 6.08 Å². The molecule has 1 fully saturated rings. The Labute approximate surface area is 118 Å². The Morgan fingerprint density at radius 2 is 1.80 bits per heavy atom. The molecule has 2 aromatic rings. The molecular weight excluding hydrogens is 250 g/mol. The number of nitrogens with zero attached hydrogens (tertiary/aromatic N) is 1. The highest BCUT2D eigenvalue weighted by atomic mass is 16.3. The van der Waals surface area contributed by atoms with Crippen LogP contribution in [0.2, 0.25) is 0 Å². The van der Waals surface area contributed by atoms with Gasteiger partial charge in [0.05, 0.1) is 6.26 Å². The minimum absolute atomic E-state index is 0.00578. The van der Waals surface area contributed by atoms with Gasteiger partial charge in [0.2, 0.25) is 0 Å². The molecule has 20 heavy (non-hydrogen) atoms. The quantitative estimate of drug-likeness (QED) is 0.833. The van der Waals surface area contributed by atoms with Crippen LogP contribution in [0, 0.1) is 0 Å². The van der Waals surface area contributed by atoms with Crippen molar-refractivity contribution in [3.8, 4) is 0 Å². The first-order valence-corrected chi connectivity index (χ1v) is 6.90. The predicted molar refractivity (Wildman–Crippen MR) is 78.3 cm³/mol. The molecule has 1 saturated heterocycles. The molecule has 3 rings (SSSR count). The van der Waals surface area contributed by atoms with E-state index in [1.165, 1.54) is 17.4 Å². The fourth-order valence-electron chi connectivity index (χ4n) is 2.48. The van der Waals surface area contributed by atoms with Crippen LogP contribution in [0.5, 0.6) is 0 Å². The van der Waals surface area contributed by atoms with Crippen LogP contribution in [0.15, 0.2) is 58.7 Å². The number of hydrogen-bond donors (Lipinski definition) is 0. The summed E-state index contributed by atoms with van der Waals surface area (Å²) >= 11 is 0. The van der Waals surface area contributed by atoms with E-state index in [2.05, 4.69) is 18.2 Å². The van der Waals surface area contributed by atoms with Crippen LogP contribution >= 0.6 is 0 Å². The van der Waals surface area contributed by atoms with Crippen molar-refractivity contribution in [1.29, 1.82) is 0 Å². The van der Waals surface area contributed by atoms with E-state index in [0.29, 0.717) is 5.76 Å². The minimum atomic E-state index is -0.00578. The summed E-state index contributed by atoms with van der Waals surface area (Å²) < 4.78 is 5.17. The van der Waals surface area contributed by atoms with E-state index in [1.807, 2.05) is 23.1 Å². The van der Waals surface area contributed by atoms with Crippen molar-refractivity contribution in [1.82, 2.24) is 4.90 Å².